The third kappa shape index (κ3) is 9.92. The molecule has 0 aromatic heterocycles. The first-order chi connectivity index (χ1) is 28.9. The van der Waals surface area contributed by atoms with Gasteiger partial charge in [-0.05, 0) is 112 Å². The molecule has 3 N–H and O–H groups in total. The summed E-state index contributed by atoms with van der Waals surface area (Å²) >= 11 is 0. The molecule has 12 heteroatoms. The van der Waals surface area contributed by atoms with Crippen LogP contribution in [-0.4, -0.2) is 77.1 Å². The van der Waals surface area contributed by atoms with Gasteiger partial charge in [-0.25, -0.2) is 4.79 Å². The second kappa shape index (κ2) is 19.7. The molecule has 3 aliphatic rings. The largest absolute Gasteiger partial charge is 0.459 e. The summed E-state index contributed by atoms with van der Waals surface area (Å²) in [6.07, 6.45) is 7.95. The summed E-state index contributed by atoms with van der Waals surface area (Å²) < 4.78 is 20.1. The molecule has 1 fully saturated rings. The van der Waals surface area contributed by atoms with Crippen molar-refractivity contribution in [2.45, 2.75) is 95.6 Å². The van der Waals surface area contributed by atoms with Crippen molar-refractivity contribution in [1.82, 2.24) is 10.2 Å². The maximum Gasteiger partial charge on any atom is 0.412 e. The average Bonchev–Trinajstić information content (AvgIpc) is 3.25. The predicted molar refractivity (Wildman–Crippen MR) is 228 cm³/mol. The van der Waals surface area contributed by atoms with Gasteiger partial charge in [0.2, 0.25) is 5.79 Å². The molecular weight excluding hydrogens is 761 g/mol. The zero-order chi connectivity index (χ0) is 42.9. The highest BCUT2D eigenvalue weighted by molar-refractivity contribution is 6.03. The number of nitrogens with one attached hydrogen (secondary N) is 1. The van der Waals surface area contributed by atoms with Crippen LogP contribution in [0.5, 0.6) is 11.5 Å². The van der Waals surface area contributed by atoms with E-state index in [9.17, 15) is 25.1 Å². The summed E-state index contributed by atoms with van der Waals surface area (Å²) in [6, 6.07) is 22.9. The van der Waals surface area contributed by atoms with Crippen LogP contribution in [0.15, 0.2) is 102 Å². The van der Waals surface area contributed by atoms with Gasteiger partial charge in [-0.3, -0.25) is 4.79 Å². The highest BCUT2D eigenvalue weighted by Crippen LogP contribution is 2.62. The number of benzene rings is 3. The SMILES string of the molecule is C=CCO[C@@]12Oc3ccc(OC(=O)NCc4ccccc4)cc3[C@H]3[C@H](CCCCO)[C@@H](CCCCO)C=C(C(=NOC(C)(C)C)C[C@@H]1N(C)C(=O)c1ccc(C#N)cc1)[C@H]32. The minimum absolute atomic E-state index is 0.0106. The van der Waals surface area contributed by atoms with Crippen molar-refractivity contribution in [3.63, 3.8) is 0 Å². The highest BCUT2D eigenvalue weighted by atomic mass is 16.7. The van der Waals surface area contributed by atoms with Crippen LogP contribution >= 0.6 is 0 Å². The summed E-state index contributed by atoms with van der Waals surface area (Å²) in [4.78, 5) is 35.5. The lowest BCUT2D eigenvalue weighted by Gasteiger charge is -2.59. The molecule has 6 atom stereocenters. The van der Waals surface area contributed by atoms with Gasteiger partial charge in [-0.2, -0.15) is 5.26 Å². The van der Waals surface area contributed by atoms with Crippen LogP contribution < -0.4 is 14.8 Å². The van der Waals surface area contributed by atoms with Gasteiger partial charge in [0, 0.05) is 50.3 Å². The van der Waals surface area contributed by atoms with Gasteiger partial charge in [0.1, 0.15) is 23.1 Å². The molecule has 3 aromatic rings. The number of nitrogens with zero attached hydrogens (tertiary/aromatic N) is 3. The van der Waals surface area contributed by atoms with E-state index in [4.69, 9.17) is 24.2 Å². The number of ether oxygens (including phenoxy) is 3. The van der Waals surface area contributed by atoms with Crippen LogP contribution in [0.3, 0.4) is 0 Å². The molecule has 3 aromatic carbocycles. The number of fused-ring (bicyclic) bond motifs is 2. The van der Waals surface area contributed by atoms with Gasteiger partial charge in [0.15, 0.2) is 0 Å². The fraction of sp³-hybridized carbons (Fsp3) is 0.458. The average molecular weight is 819 g/mol. The summed E-state index contributed by atoms with van der Waals surface area (Å²) in [5, 5.41) is 36.9. The molecule has 6 rings (SSSR count). The molecule has 0 radical (unpaired) electrons. The van der Waals surface area contributed by atoms with Gasteiger partial charge in [0.05, 0.1) is 29.9 Å². The van der Waals surface area contributed by atoms with Crippen molar-refractivity contribution >= 4 is 17.7 Å². The van der Waals surface area contributed by atoms with E-state index in [1.54, 1.807) is 54.4 Å². The number of allylic oxidation sites excluding steroid dienone is 1. The molecule has 1 aliphatic heterocycles. The van der Waals surface area contributed by atoms with Crippen LogP contribution in [0, 0.1) is 29.1 Å². The minimum Gasteiger partial charge on any atom is -0.459 e. The van der Waals surface area contributed by atoms with E-state index in [0.29, 0.717) is 47.7 Å². The van der Waals surface area contributed by atoms with Gasteiger partial charge < -0.3 is 39.5 Å². The van der Waals surface area contributed by atoms with E-state index < -0.39 is 29.4 Å². The topological polar surface area (TPSA) is 163 Å². The smallest absolute Gasteiger partial charge is 0.412 e. The van der Waals surface area contributed by atoms with E-state index in [-0.39, 0.29) is 49.9 Å². The van der Waals surface area contributed by atoms with E-state index in [0.717, 1.165) is 42.4 Å². The van der Waals surface area contributed by atoms with E-state index in [2.05, 4.69) is 24.0 Å². The van der Waals surface area contributed by atoms with Gasteiger partial charge in [-0.15, -0.1) is 6.58 Å². The molecule has 2 aliphatic carbocycles. The maximum atomic E-state index is 14.5. The summed E-state index contributed by atoms with van der Waals surface area (Å²) in [7, 11) is 1.74. The van der Waals surface area contributed by atoms with Crippen molar-refractivity contribution < 1.29 is 38.9 Å². The van der Waals surface area contributed by atoms with Crippen molar-refractivity contribution in [2.75, 3.05) is 26.9 Å². The summed E-state index contributed by atoms with van der Waals surface area (Å²) in [5.74, 6) is -1.67. The fourth-order valence-corrected chi connectivity index (χ4v) is 8.93. The Morgan fingerprint density at radius 3 is 2.42 bits per heavy atom. The van der Waals surface area contributed by atoms with Crippen molar-refractivity contribution in [3.8, 4) is 17.6 Å². The normalized spacial score (nSPS) is 23.5. The first kappa shape index (κ1) is 44.1. The van der Waals surface area contributed by atoms with E-state index >= 15 is 0 Å². The third-order valence-electron chi connectivity index (χ3n) is 11.6. The Morgan fingerprint density at radius 2 is 1.75 bits per heavy atom. The standard InChI is InChI=1S/C48H58N4O8/c1-6-26-57-48-42(52(5)45(55)34-20-18-32(30-49)19-21-34)29-40(51-60-47(2,3)4)38-27-35(16-10-12-24-53)37(17-11-13-25-54)43(44(38)48)39-28-36(22-23-41(39)59-48)58-46(56)50-31-33-14-8-7-9-15-33/h6-9,14-15,18-23,27-28,35,37,42-44,53-54H,1,10-13,16-17,24-26,29,31H2,2-5H3,(H,50,56)/t35-,37+,42-,43+,44+,48+/m0/s1. The van der Waals surface area contributed by atoms with Crippen LogP contribution in [0.2, 0.25) is 0 Å². The minimum atomic E-state index is -1.45. The maximum absolute atomic E-state index is 14.5. The number of rotatable bonds is 17. The number of aliphatic hydroxyl groups is 2. The number of carbonyl (C=O) groups excluding carboxylic acids is 2. The third-order valence-corrected chi connectivity index (χ3v) is 11.6. The number of nitriles is 1. The Bertz CT molecular complexity index is 2070. The molecule has 1 saturated carbocycles. The Labute approximate surface area is 353 Å². The number of hydrogen-bond donors (Lipinski definition) is 3. The van der Waals surface area contributed by atoms with Crippen molar-refractivity contribution in [3.05, 3.63) is 119 Å². The van der Waals surface area contributed by atoms with Crippen molar-refractivity contribution in [1.29, 1.82) is 5.26 Å². The first-order valence-electron chi connectivity index (χ1n) is 21.0. The molecule has 0 saturated heterocycles. The molecule has 1 heterocycles. The monoisotopic (exact) mass is 818 g/mol. The first-order valence-corrected chi connectivity index (χ1v) is 21.0. The second-order valence-corrected chi connectivity index (χ2v) is 16.8. The van der Waals surface area contributed by atoms with E-state index in [1.165, 1.54) is 0 Å². The van der Waals surface area contributed by atoms with Crippen LogP contribution in [0.1, 0.15) is 98.7 Å². The van der Waals surface area contributed by atoms with Gasteiger partial charge in [-0.1, -0.05) is 60.5 Å². The fourth-order valence-electron chi connectivity index (χ4n) is 8.93. The number of oxime groups is 1. The molecule has 0 spiro atoms. The Hall–Kier alpha value is -5.48. The lowest BCUT2D eigenvalue weighted by Crippen LogP contribution is -2.69. The van der Waals surface area contributed by atoms with Crippen molar-refractivity contribution in [2.24, 2.45) is 22.9 Å². The number of unbranched alkanes of at least 4 members (excludes halogenated alkanes) is 2. The molecule has 2 amide bonds. The van der Waals surface area contributed by atoms with Crippen LogP contribution in [0.4, 0.5) is 4.79 Å². The number of hydrogen-bond acceptors (Lipinski definition) is 10. The zero-order valence-electron chi connectivity index (χ0n) is 35.1. The molecular formula is C48H58N4O8. The lowest BCUT2D eigenvalue weighted by molar-refractivity contribution is -0.252. The van der Waals surface area contributed by atoms with Gasteiger partial charge in [0.25, 0.3) is 5.91 Å². The molecule has 60 heavy (non-hydrogen) atoms. The Morgan fingerprint density at radius 1 is 1.03 bits per heavy atom. The Kier molecular flexibility index (Phi) is 14.5. The number of likely N-dealkylation sites (N-methyl/N-ethyl adjacent to an activating group) is 1. The van der Waals surface area contributed by atoms with E-state index in [1.807, 2.05) is 57.2 Å². The number of aliphatic hydroxyl groups excluding tert-OH is 2. The summed E-state index contributed by atoms with van der Waals surface area (Å²) in [5.41, 5.74) is 3.55. The van der Waals surface area contributed by atoms with Gasteiger partial charge >= 0.3 is 6.09 Å². The van der Waals surface area contributed by atoms with Crippen LogP contribution in [0.25, 0.3) is 0 Å². The quantitative estimate of drug-likeness (QED) is 0.0695. The second-order valence-electron chi connectivity index (χ2n) is 16.8. The lowest BCUT2D eigenvalue weighted by atomic mass is 9.55. The highest BCUT2D eigenvalue weighted by Gasteiger charge is 2.65. The predicted octanol–water partition coefficient (Wildman–Crippen LogP) is 8.05. The molecule has 318 valence electrons. The van der Waals surface area contributed by atoms with Crippen LogP contribution in [-0.2, 0) is 16.1 Å². The molecule has 0 bridgehead atoms. The number of amides is 2. The zero-order valence-corrected chi connectivity index (χ0v) is 35.1. The Balaban J connectivity index is 1.52. The molecule has 12 nitrogen and oxygen atoms in total. The number of carbonyl (C=O) groups is 2. The summed E-state index contributed by atoms with van der Waals surface area (Å²) in [6.45, 7) is 10.3. The molecule has 0 unspecified atom stereocenters.